The Bertz CT molecular complexity index is 945. The molecule has 8 nitrogen and oxygen atoms in total. The second-order valence-corrected chi connectivity index (χ2v) is 7.43. The molecule has 10 heteroatoms. The first-order valence-electron chi connectivity index (χ1n) is 8.79. The summed E-state index contributed by atoms with van der Waals surface area (Å²) in [5, 5.41) is 10.7. The van der Waals surface area contributed by atoms with E-state index < -0.39 is 6.03 Å². The van der Waals surface area contributed by atoms with Crippen LogP contribution in [0.3, 0.4) is 0 Å². The summed E-state index contributed by atoms with van der Waals surface area (Å²) in [5.74, 6) is 0.129. The van der Waals surface area contributed by atoms with Gasteiger partial charge in [-0.2, -0.15) is 0 Å². The number of carbonyl (C=O) groups excluding carboxylic acids is 1. The highest BCUT2D eigenvalue weighted by Crippen LogP contribution is 2.43. The van der Waals surface area contributed by atoms with Crippen molar-refractivity contribution in [2.45, 2.75) is 24.7 Å². The number of pyridine rings is 1. The molecule has 144 valence electrons. The fraction of sp³-hybridized carbons (Fsp3) is 0.278. The van der Waals surface area contributed by atoms with Crippen molar-refractivity contribution in [1.82, 2.24) is 19.9 Å². The monoisotopic (exact) mass is 399 g/mol. The quantitative estimate of drug-likeness (QED) is 0.584. The summed E-state index contributed by atoms with van der Waals surface area (Å²) in [7, 11) is 0. The van der Waals surface area contributed by atoms with Gasteiger partial charge in [0, 0.05) is 29.7 Å². The molecule has 0 spiro atoms. The van der Waals surface area contributed by atoms with E-state index >= 15 is 0 Å². The molecule has 3 aromatic rings. The van der Waals surface area contributed by atoms with E-state index in [-0.39, 0.29) is 11.2 Å². The van der Waals surface area contributed by atoms with Gasteiger partial charge in [-0.3, -0.25) is 10.3 Å². The number of thiazole rings is 1. The van der Waals surface area contributed by atoms with Crippen LogP contribution in [-0.4, -0.2) is 32.5 Å². The van der Waals surface area contributed by atoms with Crippen LogP contribution in [0.2, 0.25) is 0 Å². The van der Waals surface area contributed by atoms with Gasteiger partial charge in [0.1, 0.15) is 5.82 Å². The summed E-state index contributed by atoms with van der Waals surface area (Å²) in [6.45, 7) is 0.498. The van der Waals surface area contributed by atoms with Crippen molar-refractivity contribution in [3.05, 3.63) is 53.8 Å². The molecule has 0 aromatic carbocycles. The highest BCUT2D eigenvalue weighted by Gasteiger charge is 2.41. The fourth-order valence-corrected chi connectivity index (χ4v) is 3.68. The number of aromatic nitrogens is 4. The largest absolute Gasteiger partial charge is 0.353 e. The molecular weight excluding hydrogens is 381 g/mol. The number of urea groups is 1. The molecule has 1 aliphatic rings. The van der Waals surface area contributed by atoms with Crippen LogP contribution in [0.5, 0.6) is 0 Å². The Kier molecular flexibility index (Phi) is 5.11. The van der Waals surface area contributed by atoms with Gasteiger partial charge in [0.2, 0.25) is 5.95 Å². The van der Waals surface area contributed by atoms with Crippen molar-refractivity contribution >= 4 is 34.1 Å². The van der Waals surface area contributed by atoms with Crippen LogP contribution in [0, 0.1) is 5.82 Å². The molecule has 1 fully saturated rings. The summed E-state index contributed by atoms with van der Waals surface area (Å²) in [6.07, 6.45) is 9.00. The third kappa shape index (κ3) is 3.91. The number of nitrogens with zero attached hydrogens (tertiary/aromatic N) is 4. The van der Waals surface area contributed by atoms with E-state index in [1.54, 1.807) is 23.8 Å². The van der Waals surface area contributed by atoms with Gasteiger partial charge in [-0.15, -0.1) is 11.3 Å². The SMILES string of the molecule is O=C(Nc1cnc(NCC2(c3ncccc3F)CCC2)nc1)Nc1nccs1. The number of carbonyl (C=O) groups is 1. The molecule has 0 radical (unpaired) electrons. The van der Waals surface area contributed by atoms with Gasteiger partial charge < -0.3 is 10.6 Å². The first kappa shape index (κ1) is 18.2. The molecule has 0 aliphatic heterocycles. The number of amides is 2. The van der Waals surface area contributed by atoms with Gasteiger partial charge in [0.15, 0.2) is 5.13 Å². The molecule has 3 N–H and O–H groups in total. The lowest BCUT2D eigenvalue weighted by Crippen LogP contribution is -2.42. The van der Waals surface area contributed by atoms with Crippen LogP contribution in [0.4, 0.5) is 26.0 Å². The average molecular weight is 399 g/mol. The van der Waals surface area contributed by atoms with E-state index in [1.165, 1.54) is 29.8 Å². The van der Waals surface area contributed by atoms with Crippen LogP contribution < -0.4 is 16.0 Å². The molecule has 0 bridgehead atoms. The number of nitrogens with one attached hydrogen (secondary N) is 3. The second-order valence-electron chi connectivity index (χ2n) is 6.53. The Balaban J connectivity index is 1.35. The zero-order chi connectivity index (χ0) is 19.4. The molecule has 3 heterocycles. The van der Waals surface area contributed by atoms with E-state index in [4.69, 9.17) is 0 Å². The summed E-state index contributed by atoms with van der Waals surface area (Å²) in [6, 6.07) is 2.62. The molecule has 2 amide bonds. The summed E-state index contributed by atoms with van der Waals surface area (Å²) in [4.78, 5) is 28.5. The lowest BCUT2D eigenvalue weighted by molar-refractivity contribution is 0.243. The Morgan fingerprint density at radius 2 is 1.96 bits per heavy atom. The lowest BCUT2D eigenvalue weighted by atomic mass is 9.66. The third-order valence-electron chi connectivity index (χ3n) is 4.72. The predicted octanol–water partition coefficient (Wildman–Crippen LogP) is 3.65. The maximum absolute atomic E-state index is 14.2. The first-order chi connectivity index (χ1) is 13.6. The van der Waals surface area contributed by atoms with E-state index in [0.29, 0.717) is 29.0 Å². The summed E-state index contributed by atoms with van der Waals surface area (Å²) >= 11 is 1.32. The van der Waals surface area contributed by atoms with Crippen molar-refractivity contribution in [1.29, 1.82) is 0 Å². The molecule has 0 saturated heterocycles. The first-order valence-corrected chi connectivity index (χ1v) is 9.67. The van der Waals surface area contributed by atoms with Gasteiger partial charge >= 0.3 is 6.03 Å². The van der Waals surface area contributed by atoms with E-state index in [9.17, 15) is 9.18 Å². The van der Waals surface area contributed by atoms with Crippen LogP contribution in [0.15, 0.2) is 42.3 Å². The number of hydrogen-bond donors (Lipinski definition) is 3. The van der Waals surface area contributed by atoms with Crippen LogP contribution >= 0.6 is 11.3 Å². The Hall–Kier alpha value is -3.14. The fourth-order valence-electron chi connectivity index (χ4n) is 3.15. The lowest BCUT2D eigenvalue weighted by Gasteiger charge is -2.41. The van der Waals surface area contributed by atoms with Gasteiger partial charge in [-0.25, -0.2) is 24.1 Å². The normalized spacial score (nSPS) is 14.8. The van der Waals surface area contributed by atoms with Crippen molar-refractivity contribution in [3.8, 4) is 0 Å². The van der Waals surface area contributed by atoms with Gasteiger partial charge in [0.05, 0.1) is 23.8 Å². The molecule has 0 atom stereocenters. The molecule has 28 heavy (non-hydrogen) atoms. The van der Waals surface area contributed by atoms with Crippen molar-refractivity contribution in [2.24, 2.45) is 0 Å². The van der Waals surface area contributed by atoms with E-state index in [1.807, 2.05) is 0 Å². The van der Waals surface area contributed by atoms with Crippen LogP contribution in [0.25, 0.3) is 0 Å². The van der Waals surface area contributed by atoms with E-state index in [0.717, 1.165) is 19.3 Å². The standard InChI is InChI=1S/C18H18FN7OS/c19-13-3-1-6-20-14(13)18(4-2-5-18)11-24-15-22-9-12(10-23-15)25-16(27)26-17-21-7-8-28-17/h1,3,6-10H,2,4-5,11H2,(H,22,23,24)(H2,21,25,26,27). The third-order valence-corrected chi connectivity index (χ3v) is 5.41. The smallest absolute Gasteiger partial charge is 0.325 e. The average Bonchev–Trinajstić information content (AvgIpc) is 3.16. The minimum atomic E-state index is -0.418. The zero-order valence-corrected chi connectivity index (χ0v) is 15.7. The maximum atomic E-state index is 14.2. The number of anilines is 3. The molecular formula is C18H18FN7OS. The molecule has 4 rings (SSSR count). The van der Waals surface area contributed by atoms with Gasteiger partial charge in [-0.05, 0) is 25.0 Å². The number of rotatable bonds is 6. The number of halogens is 1. The Labute approximate surface area is 164 Å². The zero-order valence-electron chi connectivity index (χ0n) is 14.9. The van der Waals surface area contributed by atoms with E-state index in [2.05, 4.69) is 35.9 Å². The second kappa shape index (κ2) is 7.85. The maximum Gasteiger partial charge on any atom is 0.325 e. The van der Waals surface area contributed by atoms with Crippen molar-refractivity contribution in [3.63, 3.8) is 0 Å². The van der Waals surface area contributed by atoms with Crippen LogP contribution in [-0.2, 0) is 5.41 Å². The minimum Gasteiger partial charge on any atom is -0.353 e. The molecule has 3 aromatic heterocycles. The predicted molar refractivity (Wildman–Crippen MR) is 105 cm³/mol. The molecule has 1 aliphatic carbocycles. The highest BCUT2D eigenvalue weighted by molar-refractivity contribution is 7.13. The Morgan fingerprint density at radius 1 is 1.14 bits per heavy atom. The minimum absolute atomic E-state index is 0.282. The van der Waals surface area contributed by atoms with Crippen molar-refractivity contribution in [2.75, 3.05) is 22.5 Å². The topological polar surface area (TPSA) is 105 Å². The summed E-state index contributed by atoms with van der Waals surface area (Å²) in [5.41, 5.74) is 0.610. The molecule has 0 unspecified atom stereocenters. The van der Waals surface area contributed by atoms with Gasteiger partial charge in [0.25, 0.3) is 0 Å². The Morgan fingerprint density at radius 3 is 2.61 bits per heavy atom. The van der Waals surface area contributed by atoms with Crippen molar-refractivity contribution < 1.29 is 9.18 Å². The molecule has 1 saturated carbocycles. The van der Waals surface area contributed by atoms with Crippen LogP contribution in [0.1, 0.15) is 25.0 Å². The van der Waals surface area contributed by atoms with Gasteiger partial charge in [-0.1, -0.05) is 6.42 Å². The highest BCUT2D eigenvalue weighted by atomic mass is 32.1. The number of hydrogen-bond acceptors (Lipinski definition) is 7. The summed E-state index contributed by atoms with van der Waals surface area (Å²) < 4.78 is 14.2.